The number of morpholine rings is 1. The van der Waals surface area contributed by atoms with Crippen molar-refractivity contribution in [3.8, 4) is 16.9 Å². The highest BCUT2D eigenvalue weighted by Crippen LogP contribution is 2.33. The van der Waals surface area contributed by atoms with Crippen LogP contribution in [-0.4, -0.2) is 60.7 Å². The van der Waals surface area contributed by atoms with Gasteiger partial charge in [-0.2, -0.15) is 5.10 Å². The van der Waals surface area contributed by atoms with Gasteiger partial charge in [0.15, 0.2) is 5.69 Å². The van der Waals surface area contributed by atoms with Gasteiger partial charge in [-0.15, -0.1) is 0 Å². The molecule has 3 aromatic rings. The van der Waals surface area contributed by atoms with Crippen LogP contribution in [-0.2, 0) is 15.9 Å². The molecule has 36 heavy (non-hydrogen) atoms. The van der Waals surface area contributed by atoms with Crippen LogP contribution in [0.15, 0.2) is 42.5 Å². The Morgan fingerprint density at radius 3 is 2.53 bits per heavy atom. The highest BCUT2D eigenvalue weighted by molar-refractivity contribution is 6.35. The van der Waals surface area contributed by atoms with E-state index in [-0.39, 0.29) is 5.91 Å². The predicted octanol–water partition coefficient (Wildman–Crippen LogP) is 5.49. The zero-order valence-corrected chi connectivity index (χ0v) is 22.2. The van der Waals surface area contributed by atoms with Gasteiger partial charge in [0.1, 0.15) is 0 Å². The largest absolute Gasteiger partial charge is 0.385 e. The average molecular weight is 531 g/mol. The van der Waals surface area contributed by atoms with Crippen LogP contribution in [0.1, 0.15) is 40.9 Å². The second-order valence-electron chi connectivity index (χ2n) is 8.87. The number of methoxy groups -OCH3 is 1. The minimum atomic E-state index is -0.257. The van der Waals surface area contributed by atoms with E-state index in [4.69, 9.17) is 37.8 Å². The summed E-state index contributed by atoms with van der Waals surface area (Å²) in [5, 5.41) is 7.58. The van der Waals surface area contributed by atoms with E-state index in [1.165, 1.54) is 5.56 Å². The summed E-state index contributed by atoms with van der Waals surface area (Å²) in [4.78, 5) is 13.2. The maximum absolute atomic E-state index is 13.2. The molecule has 1 aromatic heterocycles. The number of unbranched alkanes of at least 4 members (excludes halogenated alkanes) is 2. The highest BCUT2D eigenvalue weighted by Gasteiger charge is 2.25. The minimum Gasteiger partial charge on any atom is -0.385 e. The van der Waals surface area contributed by atoms with Gasteiger partial charge in [0.25, 0.3) is 5.91 Å². The Morgan fingerprint density at radius 1 is 1.08 bits per heavy atom. The number of nitrogens with zero attached hydrogens (tertiary/aromatic N) is 3. The van der Waals surface area contributed by atoms with Crippen molar-refractivity contribution in [2.45, 2.75) is 32.6 Å². The van der Waals surface area contributed by atoms with E-state index < -0.39 is 0 Å². The molecule has 1 aliphatic rings. The van der Waals surface area contributed by atoms with Gasteiger partial charge in [-0.05, 0) is 49.9 Å². The van der Waals surface area contributed by atoms with Crippen molar-refractivity contribution >= 4 is 29.1 Å². The third-order valence-electron chi connectivity index (χ3n) is 6.29. The van der Waals surface area contributed by atoms with Crippen molar-refractivity contribution in [2.75, 3.05) is 40.0 Å². The standard InChI is InChI=1S/C27H32Cl2N4O3/c1-19-25(27(34)31-32-13-16-36-17-14-32)30-33(24-12-11-22(28)18-23(24)29)26(19)21-9-7-20(8-10-21)6-4-3-5-15-35-2/h7-12,18H,3-6,13-17H2,1-2H3,(H,31,34). The number of benzene rings is 2. The second-order valence-corrected chi connectivity index (χ2v) is 9.71. The molecule has 9 heteroatoms. The summed E-state index contributed by atoms with van der Waals surface area (Å²) in [7, 11) is 1.74. The van der Waals surface area contributed by atoms with E-state index >= 15 is 0 Å². The lowest BCUT2D eigenvalue weighted by molar-refractivity contribution is 0.0124. The van der Waals surface area contributed by atoms with Gasteiger partial charge >= 0.3 is 0 Å². The third-order valence-corrected chi connectivity index (χ3v) is 6.83. The average Bonchev–Trinajstić information content (AvgIpc) is 3.21. The summed E-state index contributed by atoms with van der Waals surface area (Å²) in [6.45, 7) is 5.15. The van der Waals surface area contributed by atoms with Gasteiger partial charge in [0, 0.05) is 43.0 Å². The number of carbonyl (C=O) groups is 1. The van der Waals surface area contributed by atoms with E-state index in [2.05, 4.69) is 29.7 Å². The van der Waals surface area contributed by atoms with Crippen LogP contribution in [0.4, 0.5) is 0 Å². The number of ether oxygens (including phenoxy) is 2. The Kier molecular flexibility index (Phi) is 9.40. The molecule has 0 saturated carbocycles. The number of carbonyl (C=O) groups excluding carboxylic acids is 1. The SMILES string of the molecule is COCCCCCc1ccc(-c2c(C)c(C(=O)NN3CCOCC3)nn2-c2ccc(Cl)cc2Cl)cc1. The second kappa shape index (κ2) is 12.7. The number of hydrazine groups is 1. The summed E-state index contributed by atoms with van der Waals surface area (Å²) < 4.78 is 12.3. The van der Waals surface area contributed by atoms with E-state index in [0.717, 1.165) is 49.1 Å². The molecule has 0 atom stereocenters. The molecule has 0 unspecified atom stereocenters. The van der Waals surface area contributed by atoms with Crippen LogP contribution in [0, 0.1) is 6.92 Å². The molecule has 192 valence electrons. The molecule has 1 aliphatic heterocycles. The maximum atomic E-state index is 13.2. The lowest BCUT2D eigenvalue weighted by Gasteiger charge is -2.26. The van der Waals surface area contributed by atoms with Crippen LogP contribution in [0.3, 0.4) is 0 Å². The fourth-order valence-electron chi connectivity index (χ4n) is 4.33. The Balaban J connectivity index is 1.64. The summed E-state index contributed by atoms with van der Waals surface area (Å²) in [5.41, 5.74) is 7.80. The Bertz CT molecular complexity index is 1170. The first-order chi connectivity index (χ1) is 17.5. The fraction of sp³-hybridized carbons (Fsp3) is 0.407. The molecular formula is C27H32Cl2N4O3. The Hall–Kier alpha value is -2.42. The van der Waals surface area contributed by atoms with Gasteiger partial charge in [0.05, 0.1) is 29.6 Å². The van der Waals surface area contributed by atoms with E-state index in [9.17, 15) is 4.79 Å². The number of hydrogen-bond donors (Lipinski definition) is 1. The minimum absolute atomic E-state index is 0.257. The first kappa shape index (κ1) is 26.6. The van der Waals surface area contributed by atoms with Crippen molar-refractivity contribution in [3.63, 3.8) is 0 Å². The molecule has 0 radical (unpaired) electrons. The molecule has 0 bridgehead atoms. The van der Waals surface area contributed by atoms with Crippen molar-refractivity contribution in [2.24, 2.45) is 0 Å². The first-order valence-corrected chi connectivity index (χ1v) is 13.0. The van der Waals surface area contributed by atoms with Gasteiger partial charge in [-0.3, -0.25) is 10.2 Å². The zero-order valence-electron chi connectivity index (χ0n) is 20.7. The monoisotopic (exact) mass is 530 g/mol. The summed E-state index contributed by atoms with van der Waals surface area (Å²) in [6, 6.07) is 13.7. The van der Waals surface area contributed by atoms with Gasteiger partial charge in [-0.1, -0.05) is 53.9 Å². The lowest BCUT2D eigenvalue weighted by atomic mass is 10.0. The number of aryl methyl sites for hydroxylation is 1. The smallest absolute Gasteiger partial charge is 0.286 e. The molecule has 1 saturated heterocycles. The molecule has 1 fully saturated rings. The quantitative estimate of drug-likeness (QED) is 0.351. The number of nitrogens with one attached hydrogen (secondary N) is 1. The number of amides is 1. The van der Waals surface area contributed by atoms with Crippen molar-refractivity contribution < 1.29 is 14.3 Å². The number of halogens is 2. The van der Waals surface area contributed by atoms with E-state index in [1.807, 2.05) is 18.0 Å². The van der Waals surface area contributed by atoms with Crippen LogP contribution in [0.2, 0.25) is 10.0 Å². The number of rotatable bonds is 10. The normalized spacial score (nSPS) is 14.2. The molecule has 0 aliphatic carbocycles. The van der Waals surface area contributed by atoms with Crippen molar-refractivity contribution in [3.05, 3.63) is 69.3 Å². The van der Waals surface area contributed by atoms with Crippen molar-refractivity contribution in [1.82, 2.24) is 20.2 Å². The van der Waals surface area contributed by atoms with Crippen molar-refractivity contribution in [1.29, 1.82) is 0 Å². The maximum Gasteiger partial charge on any atom is 0.286 e. The van der Waals surface area contributed by atoms with Crippen LogP contribution in [0.5, 0.6) is 0 Å². The van der Waals surface area contributed by atoms with E-state index in [0.29, 0.717) is 47.7 Å². The third kappa shape index (κ3) is 6.47. The molecular weight excluding hydrogens is 499 g/mol. The topological polar surface area (TPSA) is 68.6 Å². The molecule has 4 rings (SSSR count). The summed E-state index contributed by atoms with van der Waals surface area (Å²) >= 11 is 12.7. The molecule has 7 nitrogen and oxygen atoms in total. The van der Waals surface area contributed by atoms with Crippen LogP contribution >= 0.6 is 23.2 Å². The fourth-order valence-corrected chi connectivity index (χ4v) is 4.82. The highest BCUT2D eigenvalue weighted by atomic mass is 35.5. The molecule has 2 heterocycles. The number of aromatic nitrogens is 2. The zero-order chi connectivity index (χ0) is 25.5. The molecule has 1 N–H and O–H groups in total. The Morgan fingerprint density at radius 2 is 1.83 bits per heavy atom. The van der Waals surface area contributed by atoms with Gasteiger partial charge < -0.3 is 9.47 Å². The molecule has 1 amide bonds. The summed E-state index contributed by atoms with van der Waals surface area (Å²) in [5.74, 6) is -0.257. The van der Waals surface area contributed by atoms with Gasteiger partial charge in [-0.25, -0.2) is 9.69 Å². The Labute approximate surface area is 222 Å². The van der Waals surface area contributed by atoms with Crippen LogP contribution < -0.4 is 5.43 Å². The van der Waals surface area contributed by atoms with E-state index in [1.54, 1.807) is 23.9 Å². The number of hydrogen-bond acceptors (Lipinski definition) is 5. The van der Waals surface area contributed by atoms with Crippen LogP contribution in [0.25, 0.3) is 16.9 Å². The van der Waals surface area contributed by atoms with Gasteiger partial charge in [0.2, 0.25) is 0 Å². The molecule has 0 spiro atoms. The molecule has 2 aromatic carbocycles. The predicted molar refractivity (Wildman–Crippen MR) is 143 cm³/mol. The first-order valence-electron chi connectivity index (χ1n) is 12.2. The summed E-state index contributed by atoms with van der Waals surface area (Å²) in [6.07, 6.45) is 4.34. The lowest BCUT2D eigenvalue weighted by Crippen LogP contribution is -2.48.